The summed E-state index contributed by atoms with van der Waals surface area (Å²) in [4.78, 5) is 0. The molecule has 5 heteroatoms. The molecule has 104 valence electrons. The fraction of sp³-hybridized carbons (Fsp3) is 0.538. The average Bonchev–Trinajstić information content (AvgIpc) is 2.37. The SMILES string of the molecule is CC.CC(NCCCS(=O)(=O)O)c1ccccc1. The molecule has 0 saturated heterocycles. The maximum atomic E-state index is 10.5. The van der Waals surface area contributed by atoms with E-state index in [0.29, 0.717) is 13.0 Å². The van der Waals surface area contributed by atoms with Gasteiger partial charge in [-0.15, -0.1) is 0 Å². The van der Waals surface area contributed by atoms with Crippen LogP contribution in [0.3, 0.4) is 0 Å². The molecule has 0 radical (unpaired) electrons. The molecule has 1 atom stereocenters. The Balaban J connectivity index is 0.00000137. The molecule has 1 rings (SSSR count). The minimum Gasteiger partial charge on any atom is -0.310 e. The van der Waals surface area contributed by atoms with Crippen LogP contribution in [-0.4, -0.2) is 25.3 Å². The molecule has 0 heterocycles. The highest BCUT2D eigenvalue weighted by molar-refractivity contribution is 7.85. The third kappa shape index (κ3) is 8.22. The van der Waals surface area contributed by atoms with E-state index in [4.69, 9.17) is 4.55 Å². The predicted octanol–water partition coefficient (Wildman–Crippen LogP) is 2.64. The minimum absolute atomic E-state index is 0.183. The van der Waals surface area contributed by atoms with Crippen LogP contribution < -0.4 is 5.32 Å². The van der Waals surface area contributed by atoms with Crippen molar-refractivity contribution in [2.75, 3.05) is 12.3 Å². The van der Waals surface area contributed by atoms with Gasteiger partial charge in [0, 0.05) is 6.04 Å². The van der Waals surface area contributed by atoms with E-state index in [2.05, 4.69) is 5.32 Å². The van der Waals surface area contributed by atoms with Crippen LogP contribution in [0.5, 0.6) is 0 Å². The van der Waals surface area contributed by atoms with Gasteiger partial charge < -0.3 is 5.32 Å². The fourth-order valence-corrected chi connectivity index (χ4v) is 1.94. The van der Waals surface area contributed by atoms with Crippen molar-refractivity contribution < 1.29 is 13.0 Å². The van der Waals surface area contributed by atoms with Gasteiger partial charge >= 0.3 is 0 Å². The summed E-state index contributed by atoms with van der Waals surface area (Å²) < 4.78 is 29.5. The van der Waals surface area contributed by atoms with Crippen LogP contribution in [0.1, 0.15) is 38.8 Å². The summed E-state index contributed by atoms with van der Waals surface area (Å²) in [6.45, 7) is 6.58. The van der Waals surface area contributed by atoms with Crippen molar-refractivity contribution in [3.8, 4) is 0 Å². The monoisotopic (exact) mass is 273 g/mol. The van der Waals surface area contributed by atoms with Crippen LogP contribution in [0.4, 0.5) is 0 Å². The van der Waals surface area contributed by atoms with Crippen molar-refractivity contribution in [3.05, 3.63) is 35.9 Å². The largest absolute Gasteiger partial charge is 0.310 e. The summed E-state index contributed by atoms with van der Waals surface area (Å²) in [5.41, 5.74) is 1.16. The lowest BCUT2D eigenvalue weighted by Crippen LogP contribution is -2.21. The topological polar surface area (TPSA) is 66.4 Å². The lowest BCUT2D eigenvalue weighted by molar-refractivity contribution is 0.477. The van der Waals surface area contributed by atoms with Gasteiger partial charge in [0.05, 0.1) is 5.75 Å². The quantitative estimate of drug-likeness (QED) is 0.617. The van der Waals surface area contributed by atoms with Crippen LogP contribution in [0.25, 0.3) is 0 Å². The second kappa shape index (κ2) is 9.08. The van der Waals surface area contributed by atoms with Gasteiger partial charge in [0.2, 0.25) is 0 Å². The molecular formula is C13H23NO3S. The van der Waals surface area contributed by atoms with Crippen molar-refractivity contribution in [1.29, 1.82) is 0 Å². The lowest BCUT2D eigenvalue weighted by atomic mass is 10.1. The summed E-state index contributed by atoms with van der Waals surface area (Å²) >= 11 is 0. The Kier molecular flexibility index (Phi) is 8.62. The molecule has 0 aromatic heterocycles. The summed E-state index contributed by atoms with van der Waals surface area (Å²) in [6.07, 6.45) is 0.413. The highest BCUT2D eigenvalue weighted by Crippen LogP contribution is 2.10. The molecule has 0 saturated carbocycles. The zero-order valence-electron chi connectivity index (χ0n) is 11.3. The number of rotatable bonds is 6. The normalized spacial score (nSPS) is 12.4. The molecule has 0 amide bonds. The molecule has 2 N–H and O–H groups in total. The van der Waals surface area contributed by atoms with Gasteiger partial charge in [-0.3, -0.25) is 4.55 Å². The van der Waals surface area contributed by atoms with Crippen molar-refractivity contribution in [2.24, 2.45) is 0 Å². The molecule has 1 aromatic rings. The number of nitrogens with one attached hydrogen (secondary N) is 1. The first-order chi connectivity index (χ1) is 8.49. The van der Waals surface area contributed by atoms with E-state index >= 15 is 0 Å². The molecule has 18 heavy (non-hydrogen) atoms. The molecular weight excluding hydrogens is 250 g/mol. The Morgan fingerprint density at radius 1 is 1.22 bits per heavy atom. The van der Waals surface area contributed by atoms with E-state index in [0.717, 1.165) is 5.56 Å². The molecule has 4 nitrogen and oxygen atoms in total. The van der Waals surface area contributed by atoms with Crippen LogP contribution in [0.2, 0.25) is 0 Å². The first kappa shape index (κ1) is 17.1. The van der Waals surface area contributed by atoms with Gasteiger partial charge in [-0.05, 0) is 25.5 Å². The second-order valence-corrected chi connectivity index (χ2v) is 5.30. The standard InChI is InChI=1S/C11H17NO3S.C2H6/c1-10(11-6-3-2-4-7-11)12-8-5-9-16(13,14)15;1-2/h2-4,6-7,10,12H,5,8-9H2,1H3,(H,13,14,15);1-2H3. The van der Waals surface area contributed by atoms with Crippen molar-refractivity contribution >= 4 is 10.1 Å². The van der Waals surface area contributed by atoms with E-state index in [-0.39, 0.29) is 11.8 Å². The predicted molar refractivity (Wildman–Crippen MR) is 75.2 cm³/mol. The van der Waals surface area contributed by atoms with Gasteiger partial charge in [-0.1, -0.05) is 44.2 Å². The highest BCUT2D eigenvalue weighted by Gasteiger charge is 2.06. The first-order valence-corrected chi connectivity index (χ1v) is 7.83. The molecule has 0 aliphatic heterocycles. The maximum Gasteiger partial charge on any atom is 0.264 e. The highest BCUT2D eigenvalue weighted by atomic mass is 32.2. The Morgan fingerprint density at radius 3 is 2.28 bits per heavy atom. The second-order valence-electron chi connectivity index (χ2n) is 3.73. The first-order valence-electron chi connectivity index (χ1n) is 6.22. The molecule has 0 fully saturated rings. The average molecular weight is 273 g/mol. The van der Waals surface area contributed by atoms with E-state index in [1.807, 2.05) is 51.1 Å². The van der Waals surface area contributed by atoms with Gasteiger partial charge in [0.15, 0.2) is 0 Å². The molecule has 0 aliphatic rings. The third-order valence-electron chi connectivity index (χ3n) is 2.33. The Bertz CT molecular complexity index is 404. The number of hydrogen-bond donors (Lipinski definition) is 2. The molecule has 1 unspecified atom stereocenters. The molecule has 0 aliphatic carbocycles. The summed E-state index contributed by atoms with van der Waals surface area (Å²) in [6, 6.07) is 10.1. The van der Waals surface area contributed by atoms with Gasteiger partial charge in [0.1, 0.15) is 0 Å². The Morgan fingerprint density at radius 2 is 1.78 bits per heavy atom. The van der Waals surface area contributed by atoms with Crippen LogP contribution in [0.15, 0.2) is 30.3 Å². The van der Waals surface area contributed by atoms with E-state index < -0.39 is 10.1 Å². The van der Waals surface area contributed by atoms with Crippen molar-refractivity contribution in [2.45, 2.75) is 33.2 Å². The summed E-state index contributed by atoms with van der Waals surface area (Å²) in [7, 11) is -3.83. The number of hydrogen-bond acceptors (Lipinski definition) is 3. The van der Waals surface area contributed by atoms with Crippen LogP contribution >= 0.6 is 0 Å². The fourth-order valence-electron chi connectivity index (χ4n) is 1.43. The third-order valence-corrected chi connectivity index (χ3v) is 3.13. The maximum absolute atomic E-state index is 10.5. The van der Waals surface area contributed by atoms with Gasteiger partial charge in [-0.25, -0.2) is 0 Å². The van der Waals surface area contributed by atoms with Gasteiger partial charge in [0.25, 0.3) is 10.1 Å². The Labute approximate surface area is 110 Å². The zero-order chi connectivity index (χ0) is 14.0. The Hall–Kier alpha value is -0.910. The van der Waals surface area contributed by atoms with Crippen molar-refractivity contribution in [1.82, 2.24) is 5.32 Å². The smallest absolute Gasteiger partial charge is 0.264 e. The van der Waals surface area contributed by atoms with E-state index in [1.165, 1.54) is 0 Å². The lowest BCUT2D eigenvalue weighted by Gasteiger charge is -2.13. The number of benzene rings is 1. The molecule has 1 aromatic carbocycles. The zero-order valence-corrected chi connectivity index (χ0v) is 12.1. The van der Waals surface area contributed by atoms with E-state index in [1.54, 1.807) is 0 Å². The molecule has 0 bridgehead atoms. The summed E-state index contributed by atoms with van der Waals surface area (Å²) in [5.74, 6) is -0.193. The molecule has 0 spiro atoms. The van der Waals surface area contributed by atoms with Crippen LogP contribution in [-0.2, 0) is 10.1 Å². The van der Waals surface area contributed by atoms with E-state index in [9.17, 15) is 8.42 Å². The van der Waals surface area contributed by atoms with Crippen LogP contribution in [0, 0.1) is 0 Å². The van der Waals surface area contributed by atoms with Gasteiger partial charge in [-0.2, -0.15) is 8.42 Å². The minimum atomic E-state index is -3.83. The summed E-state index contributed by atoms with van der Waals surface area (Å²) in [5, 5.41) is 3.20. The van der Waals surface area contributed by atoms with Crippen molar-refractivity contribution in [3.63, 3.8) is 0 Å².